The van der Waals surface area contributed by atoms with Crippen molar-refractivity contribution in [1.82, 2.24) is 0 Å². The molecule has 0 aliphatic rings. The van der Waals surface area contributed by atoms with E-state index in [-0.39, 0.29) is 0 Å². The predicted octanol–water partition coefficient (Wildman–Crippen LogP) is 2.94. The number of carboxylic acid groups (broad SMARTS) is 1. The summed E-state index contributed by atoms with van der Waals surface area (Å²) in [7, 11) is 0. The molecule has 0 aromatic heterocycles. The summed E-state index contributed by atoms with van der Waals surface area (Å²) in [4.78, 5) is 10.1. The first-order chi connectivity index (χ1) is 7.30. The minimum Gasteiger partial charge on any atom is -0.478 e. The third kappa shape index (κ3) is 3.08. The van der Waals surface area contributed by atoms with E-state index in [9.17, 15) is 22.4 Å². The molecule has 0 heterocycles. The van der Waals surface area contributed by atoms with Gasteiger partial charge in [-0.15, -0.1) is 0 Å². The highest BCUT2D eigenvalue weighted by atomic mass is 19.4. The van der Waals surface area contributed by atoms with Gasteiger partial charge in [0, 0.05) is 11.6 Å². The summed E-state index contributed by atoms with van der Waals surface area (Å²) in [6.07, 6.45) is -3.25. The van der Waals surface area contributed by atoms with Crippen molar-refractivity contribution in [3.8, 4) is 0 Å². The molecule has 1 N–H and O–H groups in total. The summed E-state index contributed by atoms with van der Waals surface area (Å²) in [6.45, 7) is 0. The monoisotopic (exact) mass is 234 g/mol. The average molecular weight is 234 g/mol. The van der Waals surface area contributed by atoms with E-state index in [1.54, 1.807) is 0 Å². The third-order valence-electron chi connectivity index (χ3n) is 1.73. The Morgan fingerprint density at radius 2 is 1.94 bits per heavy atom. The van der Waals surface area contributed by atoms with Gasteiger partial charge >= 0.3 is 12.1 Å². The zero-order valence-corrected chi connectivity index (χ0v) is 7.75. The Morgan fingerprint density at radius 1 is 1.31 bits per heavy atom. The molecule has 0 fully saturated rings. The summed E-state index contributed by atoms with van der Waals surface area (Å²) < 4.78 is 49.7. The second-order valence-electron chi connectivity index (χ2n) is 2.91. The summed E-state index contributed by atoms with van der Waals surface area (Å²) in [5, 5.41) is 8.26. The van der Waals surface area contributed by atoms with Gasteiger partial charge in [-0.05, 0) is 24.3 Å². The van der Waals surface area contributed by atoms with Crippen molar-refractivity contribution in [1.29, 1.82) is 0 Å². The topological polar surface area (TPSA) is 37.3 Å². The van der Waals surface area contributed by atoms with E-state index < -0.39 is 29.1 Å². The molecule has 0 spiro atoms. The molecule has 1 aromatic rings. The number of benzene rings is 1. The van der Waals surface area contributed by atoms with E-state index in [0.29, 0.717) is 24.3 Å². The number of rotatable bonds is 2. The van der Waals surface area contributed by atoms with Crippen LogP contribution in [0.1, 0.15) is 11.1 Å². The molecule has 0 amide bonds. The molecule has 6 heteroatoms. The van der Waals surface area contributed by atoms with Crippen LogP contribution in [0.4, 0.5) is 17.6 Å². The number of hydrogen-bond acceptors (Lipinski definition) is 1. The molecule has 0 unspecified atom stereocenters. The van der Waals surface area contributed by atoms with Gasteiger partial charge in [-0.3, -0.25) is 0 Å². The van der Waals surface area contributed by atoms with Crippen LogP contribution in [0.3, 0.4) is 0 Å². The lowest BCUT2D eigenvalue weighted by molar-refractivity contribution is -0.137. The lowest BCUT2D eigenvalue weighted by Gasteiger charge is -2.07. The van der Waals surface area contributed by atoms with Gasteiger partial charge in [0.1, 0.15) is 5.82 Å². The number of aliphatic carboxylic acids is 1. The van der Waals surface area contributed by atoms with Crippen LogP contribution >= 0.6 is 0 Å². The van der Waals surface area contributed by atoms with Gasteiger partial charge in [-0.1, -0.05) is 0 Å². The maximum absolute atomic E-state index is 13.0. The van der Waals surface area contributed by atoms with Crippen LogP contribution in [0.15, 0.2) is 24.3 Å². The highest BCUT2D eigenvalue weighted by Gasteiger charge is 2.30. The average Bonchev–Trinajstić information content (AvgIpc) is 2.14. The van der Waals surface area contributed by atoms with Crippen LogP contribution in [0.25, 0.3) is 6.08 Å². The largest absolute Gasteiger partial charge is 0.478 e. The predicted molar refractivity (Wildman–Crippen MR) is 48.1 cm³/mol. The fraction of sp³-hybridized carbons (Fsp3) is 0.100. The van der Waals surface area contributed by atoms with Crippen LogP contribution in [0.2, 0.25) is 0 Å². The fourth-order valence-electron chi connectivity index (χ4n) is 1.01. The Bertz CT molecular complexity index is 435. The molecule has 0 saturated carbocycles. The molecule has 0 radical (unpaired) electrons. The first-order valence-corrected chi connectivity index (χ1v) is 4.08. The minimum absolute atomic E-state index is 0.419. The second kappa shape index (κ2) is 4.34. The minimum atomic E-state index is -4.58. The van der Waals surface area contributed by atoms with Gasteiger partial charge in [-0.25, -0.2) is 9.18 Å². The normalized spacial score (nSPS) is 12.0. The summed E-state index contributed by atoms with van der Waals surface area (Å²) in [6, 6.07) is 1.78. The molecule has 0 aliphatic carbocycles. The Kier molecular flexibility index (Phi) is 3.31. The molecule has 86 valence electrons. The molecule has 0 saturated heterocycles. The molecule has 16 heavy (non-hydrogen) atoms. The van der Waals surface area contributed by atoms with Crippen molar-refractivity contribution in [2.45, 2.75) is 6.18 Å². The second-order valence-corrected chi connectivity index (χ2v) is 2.91. The van der Waals surface area contributed by atoms with Gasteiger partial charge in [0.25, 0.3) is 0 Å². The zero-order chi connectivity index (χ0) is 12.3. The van der Waals surface area contributed by atoms with Gasteiger partial charge in [0.15, 0.2) is 0 Å². The van der Waals surface area contributed by atoms with Crippen molar-refractivity contribution in [3.05, 3.63) is 41.2 Å². The standard InChI is InChI=1S/C10H6F4O2/c11-8-3-2-7(10(12,13)14)5-6(8)1-4-9(15)16/h1-5H,(H,15,16)/b4-1-. The molecule has 0 aliphatic heterocycles. The highest BCUT2D eigenvalue weighted by molar-refractivity contribution is 5.85. The van der Waals surface area contributed by atoms with Crippen LogP contribution in [-0.2, 0) is 11.0 Å². The van der Waals surface area contributed by atoms with Crippen LogP contribution in [-0.4, -0.2) is 11.1 Å². The summed E-state index contributed by atoms with van der Waals surface area (Å²) >= 11 is 0. The fourth-order valence-corrected chi connectivity index (χ4v) is 1.01. The van der Waals surface area contributed by atoms with Crippen molar-refractivity contribution >= 4 is 12.0 Å². The molecule has 2 nitrogen and oxygen atoms in total. The molecular formula is C10H6F4O2. The van der Waals surface area contributed by atoms with Crippen LogP contribution in [0.5, 0.6) is 0 Å². The van der Waals surface area contributed by atoms with Gasteiger partial charge in [-0.2, -0.15) is 13.2 Å². The van der Waals surface area contributed by atoms with E-state index >= 15 is 0 Å². The number of halogens is 4. The first-order valence-electron chi connectivity index (χ1n) is 4.08. The highest BCUT2D eigenvalue weighted by Crippen LogP contribution is 2.30. The lowest BCUT2D eigenvalue weighted by Crippen LogP contribution is -2.05. The molecule has 1 aromatic carbocycles. The quantitative estimate of drug-likeness (QED) is 0.631. The van der Waals surface area contributed by atoms with Gasteiger partial charge < -0.3 is 5.11 Å². The van der Waals surface area contributed by atoms with Gasteiger partial charge in [0.05, 0.1) is 5.56 Å². The Morgan fingerprint density at radius 3 is 2.44 bits per heavy atom. The summed E-state index contributed by atoms with van der Waals surface area (Å²) in [5.74, 6) is -2.28. The van der Waals surface area contributed by atoms with Crippen molar-refractivity contribution in [2.24, 2.45) is 0 Å². The first kappa shape index (κ1) is 12.2. The lowest BCUT2D eigenvalue weighted by atomic mass is 10.1. The van der Waals surface area contributed by atoms with Crippen LogP contribution < -0.4 is 0 Å². The number of carbonyl (C=O) groups is 1. The smallest absolute Gasteiger partial charge is 0.416 e. The molecule has 0 atom stereocenters. The molecule has 0 bridgehead atoms. The van der Waals surface area contributed by atoms with E-state index in [4.69, 9.17) is 5.11 Å². The zero-order valence-electron chi connectivity index (χ0n) is 7.75. The van der Waals surface area contributed by atoms with E-state index in [1.807, 2.05) is 0 Å². The third-order valence-corrected chi connectivity index (χ3v) is 1.73. The summed E-state index contributed by atoms with van der Waals surface area (Å²) in [5.41, 5.74) is -1.45. The van der Waals surface area contributed by atoms with E-state index in [1.165, 1.54) is 0 Å². The number of hydrogen-bond donors (Lipinski definition) is 1. The van der Waals surface area contributed by atoms with E-state index in [2.05, 4.69) is 0 Å². The molecular weight excluding hydrogens is 228 g/mol. The Hall–Kier alpha value is -1.85. The maximum Gasteiger partial charge on any atom is 0.416 e. The van der Waals surface area contributed by atoms with E-state index in [0.717, 1.165) is 6.08 Å². The van der Waals surface area contributed by atoms with Crippen LogP contribution in [0, 0.1) is 5.82 Å². The van der Waals surface area contributed by atoms with Crippen molar-refractivity contribution in [3.63, 3.8) is 0 Å². The maximum atomic E-state index is 13.0. The number of carboxylic acids is 1. The van der Waals surface area contributed by atoms with Crippen molar-refractivity contribution < 1.29 is 27.5 Å². The Balaban J connectivity index is 3.14. The van der Waals surface area contributed by atoms with Gasteiger partial charge in [0.2, 0.25) is 0 Å². The SMILES string of the molecule is O=C(O)/C=C\c1cc(C(F)(F)F)ccc1F. The number of alkyl halides is 3. The molecule has 1 rings (SSSR count). The Labute approximate surface area is 87.8 Å². The van der Waals surface area contributed by atoms with Crippen molar-refractivity contribution in [2.75, 3.05) is 0 Å².